The third-order valence-corrected chi connectivity index (χ3v) is 2.70. The number of benzene rings is 1. The molecule has 0 aliphatic heterocycles. The summed E-state index contributed by atoms with van der Waals surface area (Å²) in [6, 6.07) is 7.48. The van der Waals surface area contributed by atoms with Crippen LogP contribution in [0.4, 0.5) is 0 Å². The van der Waals surface area contributed by atoms with Crippen LogP contribution in [0.2, 0.25) is 0 Å². The van der Waals surface area contributed by atoms with E-state index in [9.17, 15) is 4.79 Å². The number of aliphatic hydroxyl groups is 1. The van der Waals surface area contributed by atoms with E-state index in [-0.39, 0.29) is 12.6 Å². The number of carbonyl (C=O) groups excluding carboxylic acids is 1. The molecule has 4 heteroatoms. The molecule has 1 atom stereocenters. The highest BCUT2D eigenvalue weighted by atomic mass is 16.6. The van der Waals surface area contributed by atoms with E-state index in [0.717, 1.165) is 17.5 Å². The molecule has 4 nitrogen and oxygen atoms in total. The van der Waals surface area contributed by atoms with Crippen molar-refractivity contribution in [2.45, 2.75) is 39.4 Å². The van der Waals surface area contributed by atoms with Crippen molar-refractivity contribution >= 4 is 5.97 Å². The maximum Gasteiger partial charge on any atom is 0.335 e. The summed E-state index contributed by atoms with van der Waals surface area (Å²) in [6.45, 7) is 4.70. The van der Waals surface area contributed by atoms with E-state index in [1.165, 1.54) is 0 Å². The van der Waals surface area contributed by atoms with Gasteiger partial charge in [-0.1, -0.05) is 31.2 Å². The van der Waals surface area contributed by atoms with E-state index in [1.54, 1.807) is 6.92 Å². The first-order valence-electron chi connectivity index (χ1n) is 6.68. The van der Waals surface area contributed by atoms with E-state index in [4.69, 9.17) is 14.6 Å². The molecular formula is C15H22O4. The number of carbonyl (C=O) groups is 1. The van der Waals surface area contributed by atoms with E-state index in [2.05, 4.69) is 0 Å². The van der Waals surface area contributed by atoms with Gasteiger partial charge in [0.15, 0.2) is 6.10 Å². The maximum atomic E-state index is 11.8. The van der Waals surface area contributed by atoms with Gasteiger partial charge in [-0.2, -0.15) is 0 Å². The predicted molar refractivity (Wildman–Crippen MR) is 72.7 cm³/mol. The number of ether oxygens (including phenoxy) is 2. The molecule has 0 bridgehead atoms. The molecule has 0 radical (unpaired) electrons. The number of hydrogen-bond acceptors (Lipinski definition) is 4. The Bertz CT molecular complexity index is 372. The molecule has 0 amide bonds. The number of esters is 1. The monoisotopic (exact) mass is 266 g/mol. The van der Waals surface area contributed by atoms with Crippen LogP contribution in [-0.4, -0.2) is 30.4 Å². The summed E-state index contributed by atoms with van der Waals surface area (Å²) in [5.74, 6) is -0.317. The van der Waals surface area contributed by atoms with Gasteiger partial charge in [0.05, 0.1) is 13.2 Å². The van der Waals surface area contributed by atoms with E-state index < -0.39 is 6.10 Å². The second kappa shape index (κ2) is 8.67. The highest BCUT2D eigenvalue weighted by Crippen LogP contribution is 2.10. The van der Waals surface area contributed by atoms with Crippen molar-refractivity contribution in [2.75, 3.05) is 13.2 Å². The minimum absolute atomic E-state index is 0.0217. The Kier molecular flexibility index (Phi) is 7.15. The van der Waals surface area contributed by atoms with Gasteiger partial charge < -0.3 is 14.6 Å². The van der Waals surface area contributed by atoms with Crippen LogP contribution in [0.1, 0.15) is 31.4 Å². The number of rotatable bonds is 8. The highest BCUT2D eigenvalue weighted by molar-refractivity contribution is 5.75. The fraction of sp³-hybridized carbons (Fsp3) is 0.533. The molecule has 19 heavy (non-hydrogen) atoms. The van der Waals surface area contributed by atoms with Crippen LogP contribution in [-0.2, 0) is 27.3 Å². The Morgan fingerprint density at radius 1 is 1.21 bits per heavy atom. The smallest absolute Gasteiger partial charge is 0.335 e. The zero-order chi connectivity index (χ0) is 14.1. The quantitative estimate of drug-likeness (QED) is 0.732. The van der Waals surface area contributed by atoms with Crippen molar-refractivity contribution in [3.63, 3.8) is 0 Å². The third kappa shape index (κ3) is 5.41. The molecule has 0 saturated heterocycles. The van der Waals surface area contributed by atoms with Crippen LogP contribution in [0.5, 0.6) is 0 Å². The minimum Gasteiger partial charge on any atom is -0.464 e. The van der Waals surface area contributed by atoms with Crippen molar-refractivity contribution < 1.29 is 19.4 Å². The fourth-order valence-corrected chi connectivity index (χ4v) is 1.70. The van der Waals surface area contributed by atoms with Gasteiger partial charge in [0.25, 0.3) is 0 Å². The first kappa shape index (κ1) is 15.7. The molecule has 1 aromatic carbocycles. The molecular weight excluding hydrogens is 244 g/mol. The fourth-order valence-electron chi connectivity index (χ4n) is 1.70. The summed E-state index contributed by atoms with van der Waals surface area (Å²) in [4.78, 5) is 11.8. The molecule has 0 aromatic heterocycles. The Labute approximate surface area is 114 Å². The highest BCUT2D eigenvalue weighted by Gasteiger charge is 2.20. The molecule has 0 aliphatic carbocycles. The van der Waals surface area contributed by atoms with Crippen LogP contribution in [0, 0.1) is 0 Å². The molecule has 0 spiro atoms. The number of hydrogen-bond donors (Lipinski definition) is 1. The first-order valence-corrected chi connectivity index (χ1v) is 6.68. The topological polar surface area (TPSA) is 55.8 Å². The molecule has 1 unspecified atom stereocenters. The van der Waals surface area contributed by atoms with Gasteiger partial charge in [-0.3, -0.25) is 0 Å². The molecule has 1 N–H and O–H groups in total. The van der Waals surface area contributed by atoms with Crippen LogP contribution >= 0.6 is 0 Å². The predicted octanol–water partition coefficient (Wildman–Crippen LogP) is 2.08. The average Bonchev–Trinajstić information content (AvgIpc) is 2.44. The Morgan fingerprint density at radius 3 is 2.37 bits per heavy atom. The first-order chi connectivity index (χ1) is 9.21. The largest absolute Gasteiger partial charge is 0.464 e. The van der Waals surface area contributed by atoms with Crippen molar-refractivity contribution in [1.29, 1.82) is 0 Å². The Hall–Kier alpha value is -1.39. The van der Waals surface area contributed by atoms with Gasteiger partial charge in [-0.05, 0) is 24.5 Å². The Morgan fingerprint density at radius 2 is 1.84 bits per heavy atom. The van der Waals surface area contributed by atoms with Crippen LogP contribution in [0.25, 0.3) is 0 Å². The SMILES string of the molecule is CCCOC(Cc1ccc(CO)cc1)C(=O)OCC. The molecule has 0 fully saturated rings. The summed E-state index contributed by atoms with van der Waals surface area (Å²) >= 11 is 0. The molecule has 106 valence electrons. The third-order valence-electron chi connectivity index (χ3n) is 2.70. The number of aliphatic hydroxyl groups excluding tert-OH is 1. The summed E-state index contributed by atoms with van der Waals surface area (Å²) < 4.78 is 10.6. The van der Waals surface area contributed by atoms with Gasteiger partial charge in [0.1, 0.15) is 0 Å². The second-order valence-electron chi connectivity index (χ2n) is 4.29. The maximum absolute atomic E-state index is 11.8. The summed E-state index contributed by atoms with van der Waals surface area (Å²) in [7, 11) is 0. The molecule has 0 saturated carbocycles. The van der Waals surface area contributed by atoms with Gasteiger partial charge in [0.2, 0.25) is 0 Å². The van der Waals surface area contributed by atoms with Gasteiger partial charge >= 0.3 is 5.97 Å². The van der Waals surface area contributed by atoms with Gasteiger partial charge in [-0.25, -0.2) is 4.79 Å². The molecule has 1 rings (SSSR count). The lowest BCUT2D eigenvalue weighted by atomic mass is 10.1. The normalized spacial score (nSPS) is 12.2. The zero-order valence-electron chi connectivity index (χ0n) is 11.6. The van der Waals surface area contributed by atoms with E-state index in [0.29, 0.717) is 19.6 Å². The second-order valence-corrected chi connectivity index (χ2v) is 4.29. The molecule has 1 aromatic rings. The van der Waals surface area contributed by atoms with Crippen molar-refractivity contribution in [1.82, 2.24) is 0 Å². The van der Waals surface area contributed by atoms with Gasteiger partial charge in [0, 0.05) is 13.0 Å². The molecule has 0 aliphatic rings. The Balaban J connectivity index is 2.66. The lowest BCUT2D eigenvalue weighted by molar-refractivity contribution is -0.156. The summed E-state index contributed by atoms with van der Waals surface area (Å²) in [5, 5.41) is 8.99. The van der Waals surface area contributed by atoms with Crippen LogP contribution in [0.15, 0.2) is 24.3 Å². The standard InChI is InChI=1S/C15H22O4/c1-3-9-19-14(15(17)18-4-2)10-12-5-7-13(11-16)8-6-12/h5-8,14,16H,3-4,9-11H2,1-2H3. The lowest BCUT2D eigenvalue weighted by Gasteiger charge is -2.16. The van der Waals surface area contributed by atoms with Crippen LogP contribution < -0.4 is 0 Å². The van der Waals surface area contributed by atoms with Crippen LogP contribution in [0.3, 0.4) is 0 Å². The van der Waals surface area contributed by atoms with Crippen molar-refractivity contribution in [3.05, 3.63) is 35.4 Å². The van der Waals surface area contributed by atoms with Crippen molar-refractivity contribution in [2.24, 2.45) is 0 Å². The van der Waals surface area contributed by atoms with E-state index in [1.807, 2.05) is 31.2 Å². The summed E-state index contributed by atoms with van der Waals surface area (Å²) in [6.07, 6.45) is 0.795. The summed E-state index contributed by atoms with van der Waals surface area (Å²) in [5.41, 5.74) is 1.84. The van der Waals surface area contributed by atoms with Crippen molar-refractivity contribution in [3.8, 4) is 0 Å². The minimum atomic E-state index is -0.556. The average molecular weight is 266 g/mol. The zero-order valence-corrected chi connectivity index (χ0v) is 11.6. The van der Waals surface area contributed by atoms with Gasteiger partial charge in [-0.15, -0.1) is 0 Å². The molecule has 0 heterocycles. The lowest BCUT2D eigenvalue weighted by Crippen LogP contribution is -2.29. The van der Waals surface area contributed by atoms with E-state index >= 15 is 0 Å².